The molecule has 0 spiro atoms. The summed E-state index contributed by atoms with van der Waals surface area (Å²) in [5.74, 6) is 0.801. The van der Waals surface area contributed by atoms with Crippen LogP contribution in [-0.2, 0) is 6.54 Å². The lowest BCUT2D eigenvalue weighted by molar-refractivity contribution is 0.163. The lowest BCUT2D eigenvalue weighted by Gasteiger charge is -2.32. The summed E-state index contributed by atoms with van der Waals surface area (Å²) in [5, 5.41) is 0. The van der Waals surface area contributed by atoms with Crippen LogP contribution in [0.25, 0.3) is 0 Å². The molecule has 2 heterocycles. The monoisotopic (exact) mass is 219 g/mol. The highest BCUT2D eigenvalue weighted by molar-refractivity contribution is 5.08. The number of pyridine rings is 1. The molecule has 16 heavy (non-hydrogen) atoms. The van der Waals surface area contributed by atoms with E-state index in [0.29, 0.717) is 0 Å². The average molecular weight is 219 g/mol. The first-order chi connectivity index (χ1) is 7.88. The lowest BCUT2D eigenvalue weighted by Crippen LogP contribution is -2.35. The maximum atomic E-state index is 5.63. The molecule has 2 rings (SSSR count). The minimum atomic E-state index is 0.801. The van der Waals surface area contributed by atoms with Crippen molar-refractivity contribution >= 4 is 0 Å². The minimum absolute atomic E-state index is 0.801. The molecule has 0 aliphatic carbocycles. The highest BCUT2D eigenvalue weighted by atomic mass is 15.1. The molecular weight excluding hydrogens is 198 g/mol. The fourth-order valence-corrected chi connectivity index (χ4v) is 2.52. The average Bonchev–Trinajstić information content (AvgIpc) is 2.31. The number of nitrogens with zero attached hydrogens (tertiary/aromatic N) is 2. The summed E-state index contributed by atoms with van der Waals surface area (Å²) in [5.41, 5.74) is 6.94. The van der Waals surface area contributed by atoms with E-state index in [-0.39, 0.29) is 0 Å². The normalized spacial score (nSPS) is 22.2. The van der Waals surface area contributed by atoms with Crippen LogP contribution in [0.2, 0.25) is 0 Å². The van der Waals surface area contributed by atoms with Gasteiger partial charge in [0.05, 0.1) is 0 Å². The van der Waals surface area contributed by atoms with Gasteiger partial charge in [-0.2, -0.15) is 0 Å². The van der Waals surface area contributed by atoms with Crippen molar-refractivity contribution < 1.29 is 0 Å². The fraction of sp³-hybridized carbons (Fsp3) is 0.615. The maximum Gasteiger partial charge on any atom is 0.0312 e. The van der Waals surface area contributed by atoms with Crippen molar-refractivity contribution in [3.05, 3.63) is 30.1 Å². The van der Waals surface area contributed by atoms with Gasteiger partial charge in [-0.3, -0.25) is 9.88 Å². The molecule has 3 heteroatoms. The molecule has 1 unspecified atom stereocenters. The van der Waals surface area contributed by atoms with E-state index >= 15 is 0 Å². The topological polar surface area (TPSA) is 42.1 Å². The molecule has 88 valence electrons. The predicted octanol–water partition coefficient (Wildman–Crippen LogP) is 1.64. The summed E-state index contributed by atoms with van der Waals surface area (Å²) in [6, 6.07) is 4.16. The molecule has 1 aromatic heterocycles. The van der Waals surface area contributed by atoms with Gasteiger partial charge in [0.25, 0.3) is 0 Å². The van der Waals surface area contributed by atoms with Crippen molar-refractivity contribution in [2.24, 2.45) is 11.7 Å². The Morgan fingerprint density at radius 3 is 3.19 bits per heavy atom. The molecule has 0 aromatic carbocycles. The SMILES string of the molecule is NCCC1CCCN(Cc2cccnc2)C1. The van der Waals surface area contributed by atoms with E-state index in [1.807, 2.05) is 18.5 Å². The Morgan fingerprint density at radius 1 is 1.50 bits per heavy atom. The number of aromatic nitrogens is 1. The Hall–Kier alpha value is -0.930. The van der Waals surface area contributed by atoms with Crippen molar-refractivity contribution in [3.8, 4) is 0 Å². The summed E-state index contributed by atoms with van der Waals surface area (Å²) in [6.07, 6.45) is 7.62. The van der Waals surface area contributed by atoms with Gasteiger partial charge in [-0.05, 0) is 49.9 Å². The molecule has 1 atom stereocenters. The third-order valence-electron chi connectivity index (χ3n) is 3.31. The number of hydrogen-bond donors (Lipinski definition) is 1. The van der Waals surface area contributed by atoms with Crippen LogP contribution in [0.1, 0.15) is 24.8 Å². The van der Waals surface area contributed by atoms with E-state index in [4.69, 9.17) is 5.73 Å². The molecule has 1 aliphatic heterocycles. The Kier molecular flexibility index (Phi) is 4.31. The molecule has 3 nitrogen and oxygen atoms in total. The van der Waals surface area contributed by atoms with Crippen LogP contribution in [0.5, 0.6) is 0 Å². The fourth-order valence-electron chi connectivity index (χ4n) is 2.52. The summed E-state index contributed by atoms with van der Waals surface area (Å²) >= 11 is 0. The molecule has 1 fully saturated rings. The quantitative estimate of drug-likeness (QED) is 0.837. The summed E-state index contributed by atoms with van der Waals surface area (Å²) in [7, 11) is 0. The van der Waals surface area contributed by atoms with Crippen molar-refractivity contribution in [2.45, 2.75) is 25.8 Å². The third kappa shape index (κ3) is 3.29. The Balaban J connectivity index is 1.85. The van der Waals surface area contributed by atoms with E-state index in [9.17, 15) is 0 Å². The second kappa shape index (κ2) is 5.97. The van der Waals surface area contributed by atoms with Gasteiger partial charge in [-0.15, -0.1) is 0 Å². The Bertz CT molecular complexity index is 297. The second-order valence-corrected chi connectivity index (χ2v) is 4.68. The summed E-state index contributed by atoms with van der Waals surface area (Å²) < 4.78 is 0. The van der Waals surface area contributed by atoms with Crippen LogP contribution >= 0.6 is 0 Å². The Labute approximate surface area is 97.7 Å². The standard InChI is InChI=1S/C13H21N3/c14-6-5-12-4-2-8-16(10-12)11-13-3-1-7-15-9-13/h1,3,7,9,12H,2,4-6,8,10-11,14H2. The Morgan fingerprint density at radius 2 is 2.44 bits per heavy atom. The van der Waals surface area contributed by atoms with Crippen LogP contribution < -0.4 is 5.73 Å². The van der Waals surface area contributed by atoms with E-state index in [2.05, 4.69) is 16.0 Å². The van der Waals surface area contributed by atoms with Crippen molar-refractivity contribution in [1.29, 1.82) is 0 Å². The second-order valence-electron chi connectivity index (χ2n) is 4.68. The zero-order valence-corrected chi connectivity index (χ0v) is 9.81. The molecule has 0 bridgehead atoms. The van der Waals surface area contributed by atoms with E-state index in [0.717, 1.165) is 19.0 Å². The van der Waals surface area contributed by atoms with Crippen LogP contribution in [0.15, 0.2) is 24.5 Å². The van der Waals surface area contributed by atoms with Crippen LogP contribution in [-0.4, -0.2) is 29.5 Å². The van der Waals surface area contributed by atoms with Gasteiger partial charge < -0.3 is 5.73 Å². The van der Waals surface area contributed by atoms with Gasteiger partial charge in [0.15, 0.2) is 0 Å². The maximum absolute atomic E-state index is 5.63. The predicted molar refractivity (Wildman–Crippen MR) is 65.9 cm³/mol. The van der Waals surface area contributed by atoms with Crippen molar-refractivity contribution in [1.82, 2.24) is 9.88 Å². The van der Waals surface area contributed by atoms with Gasteiger partial charge in [0.2, 0.25) is 0 Å². The number of rotatable bonds is 4. The molecule has 0 saturated carbocycles. The molecule has 0 radical (unpaired) electrons. The van der Waals surface area contributed by atoms with Gasteiger partial charge >= 0.3 is 0 Å². The van der Waals surface area contributed by atoms with E-state index in [1.54, 1.807) is 0 Å². The van der Waals surface area contributed by atoms with Crippen molar-refractivity contribution in [3.63, 3.8) is 0 Å². The number of hydrogen-bond acceptors (Lipinski definition) is 3. The van der Waals surface area contributed by atoms with Gasteiger partial charge in [0.1, 0.15) is 0 Å². The lowest BCUT2D eigenvalue weighted by atomic mass is 9.94. The summed E-state index contributed by atoms with van der Waals surface area (Å²) in [6.45, 7) is 4.28. The number of piperidine rings is 1. The highest BCUT2D eigenvalue weighted by Crippen LogP contribution is 2.20. The first kappa shape index (κ1) is 11.6. The molecule has 1 aromatic rings. The van der Waals surface area contributed by atoms with E-state index < -0.39 is 0 Å². The third-order valence-corrected chi connectivity index (χ3v) is 3.31. The zero-order chi connectivity index (χ0) is 11.2. The van der Waals surface area contributed by atoms with Crippen LogP contribution in [0.4, 0.5) is 0 Å². The number of nitrogens with two attached hydrogens (primary N) is 1. The van der Waals surface area contributed by atoms with Gasteiger partial charge in [0, 0.05) is 25.5 Å². The number of likely N-dealkylation sites (tertiary alicyclic amines) is 1. The van der Waals surface area contributed by atoms with Crippen LogP contribution in [0, 0.1) is 5.92 Å². The van der Waals surface area contributed by atoms with Crippen molar-refractivity contribution in [2.75, 3.05) is 19.6 Å². The van der Waals surface area contributed by atoms with Gasteiger partial charge in [-0.1, -0.05) is 6.07 Å². The van der Waals surface area contributed by atoms with E-state index in [1.165, 1.54) is 37.9 Å². The molecule has 1 saturated heterocycles. The molecule has 1 aliphatic rings. The van der Waals surface area contributed by atoms with Gasteiger partial charge in [-0.25, -0.2) is 0 Å². The molecule has 2 N–H and O–H groups in total. The smallest absolute Gasteiger partial charge is 0.0312 e. The largest absolute Gasteiger partial charge is 0.330 e. The first-order valence-corrected chi connectivity index (χ1v) is 6.20. The zero-order valence-electron chi connectivity index (χ0n) is 9.81. The van der Waals surface area contributed by atoms with Crippen LogP contribution in [0.3, 0.4) is 0 Å². The minimum Gasteiger partial charge on any atom is -0.330 e. The highest BCUT2D eigenvalue weighted by Gasteiger charge is 2.18. The first-order valence-electron chi connectivity index (χ1n) is 6.20. The molecular formula is C13H21N3. The summed E-state index contributed by atoms with van der Waals surface area (Å²) in [4.78, 5) is 6.69. The molecule has 0 amide bonds.